The Bertz CT molecular complexity index is 506. The zero-order valence-electron chi connectivity index (χ0n) is 12.0. The van der Waals surface area contributed by atoms with Crippen molar-refractivity contribution in [2.24, 2.45) is 0 Å². The van der Waals surface area contributed by atoms with Crippen LogP contribution in [0.5, 0.6) is 11.5 Å². The molecule has 0 radical (unpaired) electrons. The summed E-state index contributed by atoms with van der Waals surface area (Å²) in [4.78, 5) is 2.21. The van der Waals surface area contributed by atoms with E-state index in [1.807, 2.05) is 13.0 Å². The molecule has 5 nitrogen and oxygen atoms in total. The second-order valence-corrected chi connectivity index (χ2v) is 5.31. The lowest BCUT2D eigenvalue weighted by Gasteiger charge is -2.39. The van der Waals surface area contributed by atoms with Crippen LogP contribution in [0.4, 0.5) is 0 Å². The summed E-state index contributed by atoms with van der Waals surface area (Å²) >= 11 is 0. The third kappa shape index (κ3) is 3.03. The Balaban J connectivity index is 2.19. The van der Waals surface area contributed by atoms with E-state index in [9.17, 15) is 10.4 Å². The number of rotatable bonds is 4. The molecule has 0 bridgehead atoms. The highest BCUT2D eigenvalue weighted by Gasteiger charge is 2.33. The Kier molecular flexibility index (Phi) is 4.48. The van der Waals surface area contributed by atoms with Crippen molar-refractivity contribution in [1.82, 2.24) is 10.2 Å². The Morgan fingerprint density at radius 2 is 2.15 bits per heavy atom. The minimum atomic E-state index is -0.538. The fraction of sp³-hybridized carbons (Fsp3) is 0.533. The van der Waals surface area contributed by atoms with E-state index in [-0.39, 0.29) is 5.75 Å². The number of piperazine rings is 1. The molecule has 0 aliphatic carbocycles. The molecular weight excluding hydrogens is 254 g/mol. The highest BCUT2D eigenvalue weighted by atomic mass is 16.5. The van der Waals surface area contributed by atoms with Crippen molar-refractivity contribution in [2.75, 3.05) is 33.3 Å². The molecule has 5 heteroatoms. The van der Waals surface area contributed by atoms with Crippen LogP contribution in [0.1, 0.15) is 12.5 Å². The number of nitriles is 1. The predicted molar refractivity (Wildman–Crippen MR) is 76.8 cm³/mol. The standard InChI is InChI=1S/C15H21N3O2/c1-15(11-16,18-7-5-17-6-8-18)10-12-3-4-13(19)14(9-12)20-2/h3-4,9,17,19H,5-8,10H2,1-2H3. The van der Waals surface area contributed by atoms with Gasteiger partial charge in [0.25, 0.3) is 0 Å². The first-order valence-corrected chi connectivity index (χ1v) is 6.82. The highest BCUT2D eigenvalue weighted by molar-refractivity contribution is 5.42. The van der Waals surface area contributed by atoms with E-state index in [2.05, 4.69) is 16.3 Å². The van der Waals surface area contributed by atoms with Crippen molar-refractivity contribution in [2.45, 2.75) is 18.9 Å². The minimum absolute atomic E-state index is 0.122. The zero-order valence-corrected chi connectivity index (χ0v) is 12.0. The number of nitrogens with one attached hydrogen (secondary N) is 1. The zero-order chi connectivity index (χ0) is 14.6. The fourth-order valence-corrected chi connectivity index (χ4v) is 2.61. The van der Waals surface area contributed by atoms with Crippen LogP contribution in [-0.4, -0.2) is 48.8 Å². The Labute approximate surface area is 119 Å². The smallest absolute Gasteiger partial charge is 0.160 e. The van der Waals surface area contributed by atoms with Gasteiger partial charge in [-0.2, -0.15) is 5.26 Å². The van der Waals surface area contributed by atoms with Gasteiger partial charge in [0.05, 0.1) is 13.2 Å². The monoisotopic (exact) mass is 275 g/mol. The maximum atomic E-state index is 9.63. The molecule has 1 fully saturated rings. The van der Waals surface area contributed by atoms with Crippen molar-refractivity contribution in [3.63, 3.8) is 0 Å². The van der Waals surface area contributed by atoms with Crippen molar-refractivity contribution < 1.29 is 9.84 Å². The number of nitrogens with zero attached hydrogens (tertiary/aromatic N) is 2. The summed E-state index contributed by atoms with van der Waals surface area (Å²) < 4.78 is 5.12. The van der Waals surface area contributed by atoms with Gasteiger partial charge in [0, 0.05) is 32.6 Å². The van der Waals surface area contributed by atoms with E-state index in [1.54, 1.807) is 12.1 Å². The average Bonchev–Trinajstić information content (AvgIpc) is 2.50. The third-order valence-corrected chi connectivity index (χ3v) is 3.85. The van der Waals surface area contributed by atoms with Crippen molar-refractivity contribution in [1.29, 1.82) is 5.26 Å². The van der Waals surface area contributed by atoms with Gasteiger partial charge < -0.3 is 15.2 Å². The Hall–Kier alpha value is -1.77. The number of ether oxygens (including phenoxy) is 1. The van der Waals surface area contributed by atoms with E-state index in [0.29, 0.717) is 12.2 Å². The topological polar surface area (TPSA) is 68.5 Å². The number of hydrogen-bond donors (Lipinski definition) is 2. The number of aromatic hydroxyl groups is 1. The van der Waals surface area contributed by atoms with E-state index < -0.39 is 5.54 Å². The molecule has 2 N–H and O–H groups in total. The van der Waals surface area contributed by atoms with Crippen LogP contribution < -0.4 is 10.1 Å². The summed E-state index contributed by atoms with van der Waals surface area (Å²) in [5.74, 6) is 0.570. The first-order valence-electron chi connectivity index (χ1n) is 6.82. The maximum absolute atomic E-state index is 9.63. The van der Waals surface area contributed by atoms with Crippen LogP contribution in [0.15, 0.2) is 18.2 Å². The fourth-order valence-electron chi connectivity index (χ4n) is 2.61. The third-order valence-electron chi connectivity index (χ3n) is 3.85. The van der Waals surface area contributed by atoms with Crippen LogP contribution in [-0.2, 0) is 6.42 Å². The van der Waals surface area contributed by atoms with Gasteiger partial charge in [-0.1, -0.05) is 6.07 Å². The average molecular weight is 275 g/mol. The van der Waals surface area contributed by atoms with Crippen LogP contribution in [0.2, 0.25) is 0 Å². The van der Waals surface area contributed by atoms with Crippen molar-refractivity contribution in [3.8, 4) is 17.6 Å². The first kappa shape index (κ1) is 14.6. The van der Waals surface area contributed by atoms with Gasteiger partial charge in [0.2, 0.25) is 0 Å². The van der Waals surface area contributed by atoms with Crippen LogP contribution in [0.3, 0.4) is 0 Å². The molecule has 20 heavy (non-hydrogen) atoms. The lowest BCUT2D eigenvalue weighted by molar-refractivity contribution is 0.132. The molecular formula is C15H21N3O2. The van der Waals surface area contributed by atoms with Gasteiger partial charge in [-0.15, -0.1) is 0 Å². The summed E-state index contributed by atoms with van der Waals surface area (Å²) in [6.07, 6.45) is 0.611. The number of phenolic OH excluding ortho intramolecular Hbond substituents is 1. The van der Waals surface area contributed by atoms with Crippen LogP contribution in [0.25, 0.3) is 0 Å². The second kappa shape index (κ2) is 6.12. The minimum Gasteiger partial charge on any atom is -0.504 e. The molecule has 1 aliphatic rings. The van der Waals surface area contributed by atoms with Crippen LogP contribution >= 0.6 is 0 Å². The van der Waals surface area contributed by atoms with E-state index in [1.165, 1.54) is 7.11 Å². The normalized spacial score (nSPS) is 19.1. The second-order valence-electron chi connectivity index (χ2n) is 5.31. The molecule has 1 aromatic carbocycles. The quantitative estimate of drug-likeness (QED) is 0.862. The molecule has 0 saturated carbocycles. The van der Waals surface area contributed by atoms with Crippen molar-refractivity contribution in [3.05, 3.63) is 23.8 Å². The van der Waals surface area contributed by atoms with E-state index in [0.717, 1.165) is 31.7 Å². The van der Waals surface area contributed by atoms with Gasteiger partial charge >= 0.3 is 0 Å². The van der Waals surface area contributed by atoms with Gasteiger partial charge in [0.15, 0.2) is 11.5 Å². The van der Waals surface area contributed by atoms with E-state index >= 15 is 0 Å². The molecule has 1 aliphatic heterocycles. The highest BCUT2D eigenvalue weighted by Crippen LogP contribution is 2.29. The SMILES string of the molecule is COc1cc(CC(C)(C#N)N2CCNCC2)ccc1O. The van der Waals surface area contributed by atoms with Gasteiger partial charge in [0.1, 0.15) is 5.54 Å². The summed E-state index contributed by atoms with van der Waals surface area (Å²) in [5.41, 5.74) is 0.451. The maximum Gasteiger partial charge on any atom is 0.160 e. The number of methoxy groups -OCH3 is 1. The summed E-state index contributed by atoms with van der Waals surface area (Å²) in [6, 6.07) is 7.70. The number of phenols is 1. The predicted octanol–water partition coefficient (Wildman–Crippen LogP) is 1.13. The van der Waals surface area contributed by atoms with Gasteiger partial charge in [-0.05, 0) is 24.6 Å². The molecule has 2 rings (SSSR count). The first-order chi connectivity index (χ1) is 9.59. The van der Waals surface area contributed by atoms with Crippen molar-refractivity contribution >= 4 is 0 Å². The summed E-state index contributed by atoms with van der Waals surface area (Å²) in [6.45, 7) is 5.54. The van der Waals surface area contributed by atoms with E-state index in [4.69, 9.17) is 4.74 Å². The molecule has 0 amide bonds. The molecule has 1 heterocycles. The molecule has 1 aromatic rings. The Morgan fingerprint density at radius 1 is 1.45 bits per heavy atom. The molecule has 1 saturated heterocycles. The lowest BCUT2D eigenvalue weighted by atomic mass is 9.91. The van der Waals surface area contributed by atoms with Crippen LogP contribution in [0, 0.1) is 11.3 Å². The molecule has 1 unspecified atom stereocenters. The Morgan fingerprint density at radius 3 is 2.75 bits per heavy atom. The number of benzene rings is 1. The molecule has 0 aromatic heterocycles. The van der Waals surface area contributed by atoms with Gasteiger partial charge in [-0.25, -0.2) is 0 Å². The largest absolute Gasteiger partial charge is 0.504 e. The molecule has 0 spiro atoms. The van der Waals surface area contributed by atoms with Gasteiger partial charge in [-0.3, -0.25) is 4.90 Å². The number of hydrogen-bond acceptors (Lipinski definition) is 5. The summed E-state index contributed by atoms with van der Waals surface area (Å²) in [7, 11) is 1.53. The lowest BCUT2D eigenvalue weighted by Crippen LogP contribution is -2.55. The summed E-state index contributed by atoms with van der Waals surface area (Å²) in [5, 5.41) is 22.5. The molecule has 1 atom stereocenters. The molecule has 108 valence electrons.